The van der Waals surface area contributed by atoms with Crippen LogP contribution in [-0.2, 0) is 24.2 Å². The molecule has 1 amide bonds. The number of hydrogen-bond acceptors (Lipinski definition) is 4. The summed E-state index contributed by atoms with van der Waals surface area (Å²) in [5, 5.41) is 11.8. The molecule has 3 N–H and O–H groups in total. The second kappa shape index (κ2) is 6.91. The number of carbonyl (C=O) groups excluding carboxylic acids is 1. The summed E-state index contributed by atoms with van der Waals surface area (Å²) in [4.78, 5) is 11.8. The summed E-state index contributed by atoms with van der Waals surface area (Å²) in [6.07, 6.45) is 2.88. The molecule has 2 atom stereocenters. The first-order chi connectivity index (χ1) is 11.2. The summed E-state index contributed by atoms with van der Waals surface area (Å²) in [5.41, 5.74) is 6.48. The Morgan fingerprint density at radius 2 is 2.17 bits per heavy atom. The van der Waals surface area contributed by atoms with Gasteiger partial charge in [-0.15, -0.1) is 10.2 Å². The molecular formula is C17H23N5O. The third-order valence-electron chi connectivity index (χ3n) is 4.47. The van der Waals surface area contributed by atoms with Crippen LogP contribution in [0, 0.1) is 5.92 Å². The van der Waals surface area contributed by atoms with E-state index in [0.717, 1.165) is 49.6 Å². The van der Waals surface area contributed by atoms with Crippen molar-refractivity contribution in [3.05, 3.63) is 47.5 Å². The van der Waals surface area contributed by atoms with Gasteiger partial charge in [0.15, 0.2) is 0 Å². The van der Waals surface area contributed by atoms with Crippen LogP contribution >= 0.6 is 0 Å². The van der Waals surface area contributed by atoms with Gasteiger partial charge in [-0.25, -0.2) is 0 Å². The number of aromatic nitrogens is 3. The van der Waals surface area contributed by atoms with Crippen molar-refractivity contribution in [2.24, 2.45) is 11.7 Å². The number of rotatable bonds is 6. The average Bonchev–Trinajstić information content (AvgIpc) is 2.98. The maximum atomic E-state index is 11.8. The van der Waals surface area contributed by atoms with Crippen LogP contribution in [0.4, 0.5) is 0 Å². The van der Waals surface area contributed by atoms with Gasteiger partial charge in [-0.2, -0.15) is 0 Å². The van der Waals surface area contributed by atoms with Crippen molar-refractivity contribution in [3.63, 3.8) is 0 Å². The van der Waals surface area contributed by atoms with Crippen LogP contribution in [0.5, 0.6) is 0 Å². The maximum absolute atomic E-state index is 11.8. The predicted molar refractivity (Wildman–Crippen MR) is 87.6 cm³/mol. The maximum Gasteiger partial charge on any atom is 0.239 e. The molecule has 6 heteroatoms. The molecule has 3 rings (SSSR count). The molecule has 0 spiro atoms. The Morgan fingerprint density at radius 3 is 2.87 bits per heavy atom. The first-order valence-electron chi connectivity index (χ1n) is 8.17. The van der Waals surface area contributed by atoms with Crippen LogP contribution < -0.4 is 11.1 Å². The second-order valence-electron chi connectivity index (χ2n) is 6.06. The number of aryl methyl sites for hydroxylation is 2. The van der Waals surface area contributed by atoms with Crippen molar-refractivity contribution in [1.82, 2.24) is 20.1 Å². The van der Waals surface area contributed by atoms with Crippen LogP contribution in [0.15, 0.2) is 30.3 Å². The topological polar surface area (TPSA) is 85.8 Å². The normalized spacial score (nSPS) is 18.4. The minimum Gasteiger partial charge on any atom is -0.368 e. The van der Waals surface area contributed by atoms with E-state index in [1.807, 2.05) is 30.3 Å². The minimum atomic E-state index is -0.441. The predicted octanol–water partition coefficient (Wildman–Crippen LogP) is 1.22. The van der Waals surface area contributed by atoms with E-state index in [9.17, 15) is 4.79 Å². The smallest absolute Gasteiger partial charge is 0.239 e. The lowest BCUT2D eigenvalue weighted by Gasteiger charge is -2.26. The summed E-state index contributed by atoms with van der Waals surface area (Å²) in [5.74, 6) is 2.23. The standard InChI is InChI=1S/C17H23N5O/c1-2-14-20-21-15-9-8-12(11-22(14)15)10-19-16(17(18)23)13-6-4-3-5-7-13/h3-7,12,16,19H,2,8-11H2,1H3,(H2,18,23). The number of carbonyl (C=O) groups is 1. The number of primary amides is 1. The van der Waals surface area contributed by atoms with E-state index in [1.54, 1.807) is 0 Å². The van der Waals surface area contributed by atoms with Gasteiger partial charge in [0.1, 0.15) is 17.7 Å². The number of benzene rings is 1. The summed E-state index contributed by atoms with van der Waals surface area (Å²) in [6, 6.07) is 9.19. The monoisotopic (exact) mass is 313 g/mol. The quantitative estimate of drug-likeness (QED) is 0.839. The van der Waals surface area contributed by atoms with Gasteiger partial charge in [0.05, 0.1) is 0 Å². The Morgan fingerprint density at radius 1 is 1.39 bits per heavy atom. The Bertz CT molecular complexity index is 653. The fraction of sp³-hybridized carbons (Fsp3) is 0.471. The van der Waals surface area contributed by atoms with Crippen LogP contribution in [0.2, 0.25) is 0 Å². The average molecular weight is 313 g/mol. The minimum absolute atomic E-state index is 0.341. The first kappa shape index (κ1) is 15.7. The van der Waals surface area contributed by atoms with E-state index in [4.69, 9.17) is 5.73 Å². The molecule has 1 aromatic heterocycles. The Kier molecular flexibility index (Phi) is 4.71. The van der Waals surface area contributed by atoms with E-state index in [0.29, 0.717) is 5.92 Å². The highest BCUT2D eigenvalue weighted by Gasteiger charge is 2.24. The van der Waals surface area contributed by atoms with E-state index in [2.05, 4.69) is 27.0 Å². The number of nitrogens with one attached hydrogen (secondary N) is 1. The molecule has 0 fully saturated rings. The Hall–Kier alpha value is -2.21. The molecule has 6 nitrogen and oxygen atoms in total. The molecule has 0 bridgehead atoms. The molecule has 2 unspecified atom stereocenters. The van der Waals surface area contributed by atoms with Gasteiger partial charge >= 0.3 is 0 Å². The van der Waals surface area contributed by atoms with Crippen LogP contribution in [0.25, 0.3) is 0 Å². The SMILES string of the molecule is CCc1nnc2n1CC(CNC(C(N)=O)c1ccccc1)CC2. The summed E-state index contributed by atoms with van der Waals surface area (Å²) in [6.45, 7) is 3.75. The highest BCUT2D eigenvalue weighted by molar-refractivity contribution is 5.81. The lowest BCUT2D eigenvalue weighted by molar-refractivity contribution is -0.120. The fourth-order valence-corrected chi connectivity index (χ4v) is 3.19. The number of nitrogens with zero attached hydrogens (tertiary/aromatic N) is 3. The molecule has 0 saturated carbocycles. The molecule has 2 aromatic rings. The van der Waals surface area contributed by atoms with Gasteiger partial charge in [-0.05, 0) is 17.9 Å². The molecule has 0 aliphatic carbocycles. The van der Waals surface area contributed by atoms with Crippen LogP contribution in [0.3, 0.4) is 0 Å². The fourth-order valence-electron chi connectivity index (χ4n) is 3.19. The summed E-state index contributed by atoms with van der Waals surface area (Å²) in [7, 11) is 0. The van der Waals surface area contributed by atoms with Crippen molar-refractivity contribution in [1.29, 1.82) is 0 Å². The van der Waals surface area contributed by atoms with Gasteiger partial charge < -0.3 is 15.6 Å². The summed E-state index contributed by atoms with van der Waals surface area (Å²) < 4.78 is 2.22. The van der Waals surface area contributed by atoms with Crippen molar-refractivity contribution in [3.8, 4) is 0 Å². The third kappa shape index (κ3) is 3.42. The van der Waals surface area contributed by atoms with E-state index < -0.39 is 6.04 Å². The van der Waals surface area contributed by atoms with Crippen molar-refractivity contribution in [2.75, 3.05) is 6.54 Å². The molecule has 1 aliphatic rings. The number of amides is 1. The highest BCUT2D eigenvalue weighted by atomic mass is 16.1. The zero-order chi connectivity index (χ0) is 16.2. The number of nitrogens with two attached hydrogens (primary N) is 1. The van der Waals surface area contributed by atoms with Crippen LogP contribution in [0.1, 0.15) is 36.6 Å². The van der Waals surface area contributed by atoms with Crippen molar-refractivity contribution >= 4 is 5.91 Å². The molecular weight excluding hydrogens is 290 g/mol. The molecule has 23 heavy (non-hydrogen) atoms. The third-order valence-corrected chi connectivity index (χ3v) is 4.47. The summed E-state index contributed by atoms with van der Waals surface area (Å²) >= 11 is 0. The number of hydrogen-bond donors (Lipinski definition) is 2. The lowest BCUT2D eigenvalue weighted by Crippen LogP contribution is -2.38. The zero-order valence-electron chi connectivity index (χ0n) is 13.4. The zero-order valence-corrected chi connectivity index (χ0v) is 13.4. The highest BCUT2D eigenvalue weighted by Crippen LogP contribution is 2.21. The Labute approximate surface area is 136 Å². The molecule has 0 saturated heterocycles. The largest absolute Gasteiger partial charge is 0.368 e. The van der Waals surface area contributed by atoms with E-state index in [1.165, 1.54) is 0 Å². The van der Waals surface area contributed by atoms with Gasteiger partial charge in [0.2, 0.25) is 5.91 Å². The van der Waals surface area contributed by atoms with Gasteiger partial charge in [-0.1, -0.05) is 37.3 Å². The first-order valence-corrected chi connectivity index (χ1v) is 8.17. The Balaban J connectivity index is 1.65. The molecule has 2 heterocycles. The van der Waals surface area contributed by atoms with Crippen molar-refractivity contribution in [2.45, 2.75) is 38.8 Å². The van der Waals surface area contributed by atoms with Gasteiger partial charge in [0, 0.05) is 25.9 Å². The van der Waals surface area contributed by atoms with E-state index >= 15 is 0 Å². The van der Waals surface area contributed by atoms with E-state index in [-0.39, 0.29) is 5.91 Å². The lowest BCUT2D eigenvalue weighted by atomic mass is 9.98. The second-order valence-corrected chi connectivity index (χ2v) is 6.06. The van der Waals surface area contributed by atoms with Gasteiger partial charge in [-0.3, -0.25) is 4.79 Å². The number of fused-ring (bicyclic) bond motifs is 1. The van der Waals surface area contributed by atoms with Gasteiger partial charge in [0.25, 0.3) is 0 Å². The molecule has 1 aromatic carbocycles. The molecule has 1 aliphatic heterocycles. The molecule has 0 radical (unpaired) electrons. The molecule has 122 valence electrons. The van der Waals surface area contributed by atoms with Crippen molar-refractivity contribution < 1.29 is 4.79 Å². The van der Waals surface area contributed by atoms with Crippen LogP contribution in [-0.4, -0.2) is 27.2 Å².